The summed E-state index contributed by atoms with van der Waals surface area (Å²) in [5.74, 6) is 0.789. The molecule has 19 heavy (non-hydrogen) atoms. The molecule has 2 heterocycles. The van der Waals surface area contributed by atoms with Gasteiger partial charge in [-0.3, -0.25) is 4.57 Å². The standard InChI is InChI=1S/C13H15N5O/c1-2-5-15-13(19)17-9-11-3-4-12(16-8-11)18-7-6-14-10-18/h2-4,6-8,10H,1,5,9H2,(H2,15,17,19). The molecule has 2 N–H and O–H groups in total. The summed E-state index contributed by atoms with van der Waals surface area (Å²) in [6.45, 7) is 4.40. The minimum atomic E-state index is -0.224. The SMILES string of the molecule is C=CCNC(=O)NCc1ccc(-n2ccnc2)nc1. The number of carbonyl (C=O) groups excluding carboxylic acids is 1. The van der Waals surface area contributed by atoms with Crippen LogP contribution >= 0.6 is 0 Å². The normalized spacial score (nSPS) is 9.89. The zero-order chi connectivity index (χ0) is 13.5. The average molecular weight is 257 g/mol. The first-order valence-corrected chi connectivity index (χ1v) is 5.85. The number of nitrogens with zero attached hydrogens (tertiary/aromatic N) is 3. The molecule has 0 atom stereocenters. The highest BCUT2D eigenvalue weighted by Gasteiger charge is 2.00. The summed E-state index contributed by atoms with van der Waals surface area (Å²) >= 11 is 0. The van der Waals surface area contributed by atoms with Gasteiger partial charge in [0.2, 0.25) is 0 Å². The summed E-state index contributed by atoms with van der Waals surface area (Å²) in [6.07, 6.45) is 8.55. The van der Waals surface area contributed by atoms with E-state index in [0.717, 1.165) is 11.4 Å². The Hall–Kier alpha value is -2.63. The molecule has 0 aliphatic rings. The van der Waals surface area contributed by atoms with Gasteiger partial charge in [0, 0.05) is 31.7 Å². The average Bonchev–Trinajstić information content (AvgIpc) is 2.97. The lowest BCUT2D eigenvalue weighted by Crippen LogP contribution is -2.34. The summed E-state index contributed by atoms with van der Waals surface area (Å²) in [5.41, 5.74) is 0.928. The number of rotatable bonds is 5. The van der Waals surface area contributed by atoms with E-state index in [1.165, 1.54) is 0 Å². The number of nitrogens with one attached hydrogen (secondary N) is 2. The smallest absolute Gasteiger partial charge is 0.315 e. The van der Waals surface area contributed by atoms with Crippen molar-refractivity contribution < 1.29 is 4.79 Å². The molecule has 0 radical (unpaired) electrons. The minimum absolute atomic E-state index is 0.224. The van der Waals surface area contributed by atoms with E-state index in [9.17, 15) is 4.79 Å². The van der Waals surface area contributed by atoms with Crippen LogP contribution in [0.1, 0.15) is 5.56 Å². The molecule has 0 fully saturated rings. The molecule has 6 heteroatoms. The first kappa shape index (κ1) is 12.8. The molecule has 0 saturated heterocycles. The molecule has 0 aliphatic heterocycles. The van der Waals surface area contributed by atoms with Crippen molar-refractivity contribution in [3.05, 3.63) is 55.3 Å². The minimum Gasteiger partial charge on any atom is -0.335 e. The van der Waals surface area contributed by atoms with Gasteiger partial charge in [-0.05, 0) is 11.6 Å². The highest BCUT2D eigenvalue weighted by Crippen LogP contribution is 2.04. The molecule has 2 amide bonds. The van der Waals surface area contributed by atoms with Crippen molar-refractivity contribution in [2.45, 2.75) is 6.54 Å². The van der Waals surface area contributed by atoms with Crippen molar-refractivity contribution in [3.8, 4) is 5.82 Å². The number of carbonyl (C=O) groups is 1. The van der Waals surface area contributed by atoms with E-state index in [-0.39, 0.29) is 6.03 Å². The van der Waals surface area contributed by atoms with Gasteiger partial charge in [0.25, 0.3) is 0 Å². The van der Waals surface area contributed by atoms with Gasteiger partial charge in [-0.1, -0.05) is 12.1 Å². The number of imidazole rings is 1. The quantitative estimate of drug-likeness (QED) is 0.792. The Morgan fingerprint density at radius 2 is 2.32 bits per heavy atom. The summed E-state index contributed by atoms with van der Waals surface area (Å²) < 4.78 is 1.81. The highest BCUT2D eigenvalue weighted by molar-refractivity contribution is 5.73. The van der Waals surface area contributed by atoms with Crippen LogP contribution in [0.2, 0.25) is 0 Å². The van der Waals surface area contributed by atoms with Crippen LogP contribution in [0.3, 0.4) is 0 Å². The molecule has 0 aliphatic carbocycles. The molecule has 98 valence electrons. The van der Waals surface area contributed by atoms with Crippen molar-refractivity contribution in [1.82, 2.24) is 25.2 Å². The summed E-state index contributed by atoms with van der Waals surface area (Å²) in [5, 5.41) is 5.37. The summed E-state index contributed by atoms with van der Waals surface area (Å²) in [6, 6.07) is 3.56. The molecule has 2 aromatic heterocycles. The van der Waals surface area contributed by atoms with Gasteiger partial charge in [-0.25, -0.2) is 14.8 Å². The number of amides is 2. The third kappa shape index (κ3) is 3.67. The predicted octanol–water partition coefficient (Wildman–Crippen LogP) is 1.25. The van der Waals surface area contributed by atoms with Crippen molar-refractivity contribution in [3.63, 3.8) is 0 Å². The molecule has 0 bridgehead atoms. The van der Waals surface area contributed by atoms with E-state index in [1.807, 2.05) is 22.9 Å². The van der Waals surface area contributed by atoms with E-state index in [1.54, 1.807) is 24.8 Å². The summed E-state index contributed by atoms with van der Waals surface area (Å²) in [4.78, 5) is 19.6. The van der Waals surface area contributed by atoms with Crippen LogP contribution in [0.25, 0.3) is 5.82 Å². The topological polar surface area (TPSA) is 71.8 Å². The maximum absolute atomic E-state index is 11.3. The van der Waals surface area contributed by atoms with Crippen LogP contribution in [0.5, 0.6) is 0 Å². The number of aromatic nitrogens is 3. The predicted molar refractivity (Wildman–Crippen MR) is 71.8 cm³/mol. The molecule has 0 spiro atoms. The van der Waals surface area contributed by atoms with E-state index < -0.39 is 0 Å². The Kier molecular flexibility index (Phi) is 4.28. The van der Waals surface area contributed by atoms with Crippen LogP contribution in [-0.4, -0.2) is 27.1 Å². The van der Waals surface area contributed by atoms with E-state index >= 15 is 0 Å². The number of pyridine rings is 1. The van der Waals surface area contributed by atoms with Crippen LogP contribution in [0.15, 0.2) is 49.7 Å². The lowest BCUT2D eigenvalue weighted by Gasteiger charge is -2.06. The van der Waals surface area contributed by atoms with Gasteiger partial charge in [-0.15, -0.1) is 6.58 Å². The molecule has 2 rings (SSSR count). The van der Waals surface area contributed by atoms with Crippen molar-refractivity contribution >= 4 is 6.03 Å². The van der Waals surface area contributed by atoms with Gasteiger partial charge >= 0.3 is 6.03 Å². The molecular weight excluding hydrogens is 242 g/mol. The molecule has 0 saturated carbocycles. The van der Waals surface area contributed by atoms with E-state index in [0.29, 0.717) is 13.1 Å². The van der Waals surface area contributed by atoms with Crippen LogP contribution in [0.4, 0.5) is 4.79 Å². The van der Waals surface area contributed by atoms with Gasteiger partial charge in [0.1, 0.15) is 12.1 Å². The van der Waals surface area contributed by atoms with Gasteiger partial charge < -0.3 is 10.6 Å². The molecule has 0 aromatic carbocycles. The van der Waals surface area contributed by atoms with E-state index in [4.69, 9.17) is 0 Å². The van der Waals surface area contributed by atoms with Gasteiger partial charge in [0.15, 0.2) is 0 Å². The van der Waals surface area contributed by atoms with Gasteiger partial charge in [-0.2, -0.15) is 0 Å². The lowest BCUT2D eigenvalue weighted by atomic mass is 10.3. The fraction of sp³-hybridized carbons (Fsp3) is 0.154. The highest BCUT2D eigenvalue weighted by atomic mass is 16.2. The molecule has 2 aromatic rings. The van der Waals surface area contributed by atoms with Crippen molar-refractivity contribution in [1.29, 1.82) is 0 Å². The summed E-state index contributed by atoms with van der Waals surface area (Å²) in [7, 11) is 0. The second-order valence-electron chi connectivity index (χ2n) is 3.85. The van der Waals surface area contributed by atoms with Crippen molar-refractivity contribution in [2.75, 3.05) is 6.54 Å². The third-order valence-electron chi connectivity index (χ3n) is 2.44. The van der Waals surface area contributed by atoms with Crippen LogP contribution < -0.4 is 10.6 Å². The number of hydrogen-bond acceptors (Lipinski definition) is 3. The zero-order valence-electron chi connectivity index (χ0n) is 10.4. The first-order chi connectivity index (χ1) is 9.29. The lowest BCUT2D eigenvalue weighted by molar-refractivity contribution is 0.241. The maximum atomic E-state index is 11.3. The Morgan fingerprint density at radius 3 is 2.95 bits per heavy atom. The van der Waals surface area contributed by atoms with Crippen LogP contribution in [0, 0.1) is 0 Å². The molecular formula is C13H15N5O. The first-order valence-electron chi connectivity index (χ1n) is 5.85. The fourth-order valence-electron chi connectivity index (χ4n) is 1.48. The third-order valence-corrected chi connectivity index (χ3v) is 2.44. The fourth-order valence-corrected chi connectivity index (χ4v) is 1.48. The Bertz CT molecular complexity index is 533. The van der Waals surface area contributed by atoms with E-state index in [2.05, 4.69) is 27.2 Å². The Labute approximate surface area is 111 Å². The Balaban J connectivity index is 1.89. The van der Waals surface area contributed by atoms with Crippen LogP contribution in [-0.2, 0) is 6.54 Å². The largest absolute Gasteiger partial charge is 0.335 e. The molecule has 6 nitrogen and oxygen atoms in total. The zero-order valence-corrected chi connectivity index (χ0v) is 10.4. The maximum Gasteiger partial charge on any atom is 0.315 e. The molecule has 0 unspecified atom stereocenters. The number of urea groups is 1. The van der Waals surface area contributed by atoms with Crippen molar-refractivity contribution in [2.24, 2.45) is 0 Å². The Morgan fingerprint density at radius 1 is 1.42 bits per heavy atom. The van der Waals surface area contributed by atoms with Gasteiger partial charge in [0.05, 0.1) is 0 Å². The second-order valence-corrected chi connectivity index (χ2v) is 3.85. The number of hydrogen-bond donors (Lipinski definition) is 2. The second kappa shape index (κ2) is 6.34. The monoisotopic (exact) mass is 257 g/mol.